The number of halogens is 1. The molecule has 1 aliphatic heterocycles. The molecule has 5 heteroatoms. The first-order valence-electron chi connectivity index (χ1n) is 6.50. The molecule has 0 spiro atoms. The molecule has 4 nitrogen and oxygen atoms in total. The van der Waals surface area contributed by atoms with Crippen molar-refractivity contribution < 1.29 is 14.6 Å². The first-order chi connectivity index (χ1) is 9.13. The monoisotopic (exact) mass is 281 g/mol. The number of carbonyl (C=O) groups is 1. The first kappa shape index (κ1) is 12.8. The molecule has 1 aliphatic carbocycles. The van der Waals surface area contributed by atoms with E-state index >= 15 is 0 Å². The summed E-state index contributed by atoms with van der Waals surface area (Å²) < 4.78 is 5.35. The number of aliphatic carboxylic acids is 1. The van der Waals surface area contributed by atoms with Crippen molar-refractivity contribution in [3.63, 3.8) is 0 Å². The molecule has 2 fully saturated rings. The molecular formula is C14H16ClNO3. The number of benzene rings is 1. The fourth-order valence-electron chi connectivity index (χ4n) is 2.69. The van der Waals surface area contributed by atoms with E-state index in [1.807, 2.05) is 18.2 Å². The average Bonchev–Trinajstić information content (AvgIpc) is 3.21. The number of rotatable bonds is 3. The van der Waals surface area contributed by atoms with Crippen LogP contribution in [0.1, 0.15) is 18.4 Å². The standard InChI is InChI=1S/C14H16ClNO3/c15-10-1-2-12(16-5-7-19-8-6-16)11(9-10)14(3-4-14)13(17)18/h1-2,9H,3-8H2,(H,17,18). The van der Waals surface area contributed by atoms with Crippen LogP contribution in [0.5, 0.6) is 0 Å². The van der Waals surface area contributed by atoms with Crippen LogP contribution in [0.15, 0.2) is 18.2 Å². The topological polar surface area (TPSA) is 49.8 Å². The van der Waals surface area contributed by atoms with Crippen molar-refractivity contribution in [1.82, 2.24) is 0 Å². The molecule has 1 aromatic rings. The summed E-state index contributed by atoms with van der Waals surface area (Å²) in [6.07, 6.45) is 1.39. The first-order valence-corrected chi connectivity index (χ1v) is 6.87. The van der Waals surface area contributed by atoms with E-state index in [2.05, 4.69) is 4.90 Å². The molecule has 0 unspecified atom stereocenters. The lowest BCUT2D eigenvalue weighted by molar-refractivity contribution is -0.140. The van der Waals surface area contributed by atoms with E-state index in [-0.39, 0.29) is 0 Å². The van der Waals surface area contributed by atoms with E-state index in [0.29, 0.717) is 31.1 Å². The molecule has 0 atom stereocenters. The summed E-state index contributed by atoms with van der Waals surface area (Å²) in [4.78, 5) is 13.7. The third-order valence-corrected chi connectivity index (χ3v) is 4.22. The number of ether oxygens (including phenoxy) is 1. The molecule has 19 heavy (non-hydrogen) atoms. The third kappa shape index (κ3) is 2.19. The second-order valence-corrected chi connectivity index (χ2v) is 5.58. The lowest BCUT2D eigenvalue weighted by atomic mass is 9.93. The van der Waals surface area contributed by atoms with Crippen molar-refractivity contribution in [2.75, 3.05) is 31.2 Å². The number of hydrogen-bond donors (Lipinski definition) is 1. The van der Waals surface area contributed by atoms with E-state index < -0.39 is 11.4 Å². The van der Waals surface area contributed by atoms with Crippen LogP contribution in [0.2, 0.25) is 5.02 Å². The molecule has 0 amide bonds. The summed E-state index contributed by atoms with van der Waals surface area (Å²) >= 11 is 6.06. The summed E-state index contributed by atoms with van der Waals surface area (Å²) in [7, 11) is 0. The van der Waals surface area contributed by atoms with Gasteiger partial charge in [0.2, 0.25) is 0 Å². The van der Waals surface area contributed by atoms with Gasteiger partial charge in [-0.3, -0.25) is 4.79 Å². The Morgan fingerprint density at radius 2 is 2.00 bits per heavy atom. The minimum absolute atomic E-state index is 0.597. The van der Waals surface area contributed by atoms with Crippen LogP contribution >= 0.6 is 11.6 Å². The van der Waals surface area contributed by atoms with Crippen molar-refractivity contribution in [2.24, 2.45) is 0 Å². The van der Waals surface area contributed by atoms with Gasteiger partial charge in [0, 0.05) is 23.8 Å². The number of anilines is 1. The lowest BCUT2D eigenvalue weighted by Crippen LogP contribution is -2.37. The van der Waals surface area contributed by atoms with Gasteiger partial charge < -0.3 is 14.7 Å². The van der Waals surface area contributed by atoms with Crippen molar-refractivity contribution >= 4 is 23.3 Å². The SMILES string of the molecule is O=C(O)C1(c2cc(Cl)ccc2N2CCOCC2)CC1. The summed E-state index contributed by atoms with van der Waals surface area (Å²) in [5.41, 5.74) is 1.13. The lowest BCUT2D eigenvalue weighted by Gasteiger charge is -2.32. The minimum Gasteiger partial charge on any atom is -0.481 e. The van der Waals surface area contributed by atoms with Gasteiger partial charge in [-0.2, -0.15) is 0 Å². The molecule has 1 heterocycles. The second-order valence-electron chi connectivity index (χ2n) is 5.15. The highest BCUT2D eigenvalue weighted by molar-refractivity contribution is 6.30. The smallest absolute Gasteiger partial charge is 0.314 e. The molecule has 1 N–H and O–H groups in total. The molecule has 1 saturated carbocycles. The van der Waals surface area contributed by atoms with Crippen LogP contribution < -0.4 is 4.90 Å². The van der Waals surface area contributed by atoms with Gasteiger partial charge in [-0.25, -0.2) is 0 Å². The Labute approximate surface area is 116 Å². The Bertz CT molecular complexity index is 507. The highest BCUT2D eigenvalue weighted by Gasteiger charge is 2.53. The van der Waals surface area contributed by atoms with Gasteiger partial charge in [-0.05, 0) is 36.6 Å². The molecule has 0 aromatic heterocycles. The van der Waals surface area contributed by atoms with E-state index in [0.717, 1.165) is 24.3 Å². The van der Waals surface area contributed by atoms with Gasteiger partial charge in [0.05, 0.1) is 18.6 Å². The zero-order chi connectivity index (χ0) is 13.5. The zero-order valence-electron chi connectivity index (χ0n) is 10.6. The minimum atomic E-state index is -0.746. The summed E-state index contributed by atoms with van der Waals surface area (Å²) in [6.45, 7) is 2.96. The Morgan fingerprint density at radius 3 is 2.58 bits per heavy atom. The Hall–Kier alpha value is -1.26. The highest BCUT2D eigenvalue weighted by Crippen LogP contribution is 2.52. The quantitative estimate of drug-likeness (QED) is 0.924. The number of hydrogen-bond acceptors (Lipinski definition) is 3. The van der Waals surface area contributed by atoms with Crippen LogP contribution in [-0.4, -0.2) is 37.4 Å². The van der Waals surface area contributed by atoms with Crippen LogP contribution in [0.25, 0.3) is 0 Å². The second kappa shape index (κ2) is 4.69. The number of carboxylic acid groups (broad SMARTS) is 1. The molecule has 0 bridgehead atoms. The van der Waals surface area contributed by atoms with E-state index in [4.69, 9.17) is 16.3 Å². The van der Waals surface area contributed by atoms with Gasteiger partial charge >= 0.3 is 5.97 Å². The maximum atomic E-state index is 11.5. The number of nitrogens with zero attached hydrogens (tertiary/aromatic N) is 1. The van der Waals surface area contributed by atoms with E-state index in [9.17, 15) is 9.90 Å². The van der Waals surface area contributed by atoms with E-state index in [1.54, 1.807) is 0 Å². The Balaban J connectivity index is 2.02. The summed E-state index contributed by atoms with van der Waals surface area (Å²) in [6, 6.07) is 5.58. The predicted molar refractivity (Wildman–Crippen MR) is 73.0 cm³/mol. The van der Waals surface area contributed by atoms with Gasteiger partial charge in [-0.1, -0.05) is 11.6 Å². The average molecular weight is 282 g/mol. The van der Waals surface area contributed by atoms with Gasteiger partial charge in [0.1, 0.15) is 0 Å². The normalized spacial score (nSPS) is 21.2. The molecule has 1 aromatic carbocycles. The van der Waals surface area contributed by atoms with Crippen LogP contribution in [0.4, 0.5) is 5.69 Å². The predicted octanol–water partition coefficient (Wildman–Crippen LogP) is 2.29. The molecule has 0 radical (unpaired) electrons. The fourth-order valence-corrected chi connectivity index (χ4v) is 2.87. The largest absolute Gasteiger partial charge is 0.481 e. The molecule has 3 rings (SSSR count). The van der Waals surface area contributed by atoms with Crippen LogP contribution in [-0.2, 0) is 14.9 Å². The Morgan fingerprint density at radius 1 is 1.32 bits per heavy atom. The van der Waals surface area contributed by atoms with Crippen molar-refractivity contribution in [2.45, 2.75) is 18.3 Å². The van der Waals surface area contributed by atoms with E-state index in [1.165, 1.54) is 0 Å². The number of morpholine rings is 1. The van der Waals surface area contributed by atoms with Crippen molar-refractivity contribution in [3.8, 4) is 0 Å². The van der Waals surface area contributed by atoms with Gasteiger partial charge in [-0.15, -0.1) is 0 Å². The van der Waals surface area contributed by atoms with Gasteiger partial charge in [0.25, 0.3) is 0 Å². The molecular weight excluding hydrogens is 266 g/mol. The van der Waals surface area contributed by atoms with Crippen molar-refractivity contribution in [3.05, 3.63) is 28.8 Å². The fraction of sp³-hybridized carbons (Fsp3) is 0.500. The third-order valence-electron chi connectivity index (χ3n) is 3.99. The molecule has 102 valence electrons. The van der Waals surface area contributed by atoms with Crippen LogP contribution in [0.3, 0.4) is 0 Å². The Kier molecular flexibility index (Phi) is 3.15. The summed E-state index contributed by atoms with van der Waals surface area (Å²) in [5, 5.41) is 10.1. The van der Waals surface area contributed by atoms with Crippen molar-refractivity contribution in [1.29, 1.82) is 0 Å². The zero-order valence-corrected chi connectivity index (χ0v) is 11.3. The van der Waals surface area contributed by atoms with Crippen LogP contribution in [0, 0.1) is 0 Å². The van der Waals surface area contributed by atoms with Gasteiger partial charge in [0.15, 0.2) is 0 Å². The highest BCUT2D eigenvalue weighted by atomic mass is 35.5. The maximum Gasteiger partial charge on any atom is 0.314 e. The summed E-state index contributed by atoms with van der Waals surface area (Å²) in [5.74, 6) is -0.746. The number of carboxylic acids is 1. The molecule has 2 aliphatic rings. The molecule has 1 saturated heterocycles. The maximum absolute atomic E-state index is 11.5.